The van der Waals surface area contributed by atoms with Gasteiger partial charge in [0.15, 0.2) is 11.6 Å². The molecular formula is C22H28FN5O3. The fourth-order valence-corrected chi connectivity index (χ4v) is 4.12. The van der Waals surface area contributed by atoms with Crippen LogP contribution in [0.5, 0.6) is 0 Å². The zero-order chi connectivity index (χ0) is 22.2. The van der Waals surface area contributed by atoms with Gasteiger partial charge >= 0.3 is 6.09 Å². The van der Waals surface area contributed by atoms with Crippen molar-refractivity contribution in [1.29, 1.82) is 0 Å². The van der Waals surface area contributed by atoms with Crippen LogP contribution in [-0.2, 0) is 29.0 Å². The molecule has 2 aliphatic heterocycles. The molecule has 1 atom stereocenters. The molecule has 3 heterocycles. The lowest BCUT2D eigenvalue weighted by Crippen LogP contribution is -2.42. The van der Waals surface area contributed by atoms with E-state index in [0.717, 1.165) is 24.2 Å². The van der Waals surface area contributed by atoms with Gasteiger partial charge < -0.3 is 14.2 Å². The van der Waals surface area contributed by atoms with E-state index < -0.39 is 5.60 Å². The van der Waals surface area contributed by atoms with Crippen LogP contribution in [0.2, 0.25) is 0 Å². The van der Waals surface area contributed by atoms with E-state index in [2.05, 4.69) is 10.2 Å². The highest BCUT2D eigenvalue weighted by Crippen LogP contribution is 2.32. The van der Waals surface area contributed by atoms with E-state index in [4.69, 9.17) is 4.74 Å². The summed E-state index contributed by atoms with van der Waals surface area (Å²) in [5.41, 5.74) is 0.233. The Bertz CT molecular complexity index is 967. The Kier molecular flexibility index (Phi) is 5.68. The maximum Gasteiger partial charge on any atom is 0.410 e. The molecule has 1 saturated heterocycles. The van der Waals surface area contributed by atoms with Crippen molar-refractivity contribution in [1.82, 2.24) is 24.6 Å². The van der Waals surface area contributed by atoms with Crippen LogP contribution in [0.1, 0.15) is 56.9 Å². The van der Waals surface area contributed by atoms with Crippen molar-refractivity contribution in [2.45, 2.75) is 64.8 Å². The molecule has 2 aliphatic rings. The average Bonchev–Trinajstić information content (AvgIpc) is 3.34. The molecule has 0 unspecified atom stereocenters. The van der Waals surface area contributed by atoms with Crippen LogP contribution in [0.25, 0.3) is 0 Å². The minimum atomic E-state index is -0.553. The fraction of sp³-hybridized carbons (Fsp3) is 0.545. The van der Waals surface area contributed by atoms with Crippen LogP contribution in [0, 0.1) is 5.82 Å². The molecule has 31 heavy (non-hydrogen) atoms. The Labute approximate surface area is 181 Å². The summed E-state index contributed by atoms with van der Waals surface area (Å²) in [6.07, 6.45) is 1.58. The number of hydrogen-bond donors (Lipinski definition) is 0. The van der Waals surface area contributed by atoms with Crippen molar-refractivity contribution in [2.24, 2.45) is 0 Å². The highest BCUT2D eigenvalue weighted by Gasteiger charge is 2.36. The molecular weight excluding hydrogens is 401 g/mol. The van der Waals surface area contributed by atoms with Gasteiger partial charge in [-0.25, -0.2) is 9.18 Å². The zero-order valence-electron chi connectivity index (χ0n) is 18.2. The van der Waals surface area contributed by atoms with Crippen LogP contribution < -0.4 is 0 Å². The highest BCUT2D eigenvalue weighted by molar-refractivity contribution is 5.79. The zero-order valence-corrected chi connectivity index (χ0v) is 18.2. The molecule has 0 saturated carbocycles. The number of ether oxygens (including phenoxy) is 1. The highest BCUT2D eigenvalue weighted by atomic mass is 19.1. The molecule has 0 aliphatic carbocycles. The summed E-state index contributed by atoms with van der Waals surface area (Å²) in [4.78, 5) is 28.8. The molecule has 2 aromatic rings. The molecule has 1 aromatic carbocycles. The van der Waals surface area contributed by atoms with E-state index in [1.54, 1.807) is 17.0 Å². The van der Waals surface area contributed by atoms with Gasteiger partial charge in [0.2, 0.25) is 5.91 Å². The molecule has 4 rings (SSSR count). The number of hydrogen-bond acceptors (Lipinski definition) is 5. The summed E-state index contributed by atoms with van der Waals surface area (Å²) in [6, 6.07) is 5.89. The number of aromatic nitrogens is 3. The summed E-state index contributed by atoms with van der Waals surface area (Å²) in [7, 11) is 0. The lowest BCUT2D eigenvalue weighted by atomic mass is 10.1. The molecule has 166 valence electrons. The second-order valence-corrected chi connectivity index (χ2v) is 9.08. The van der Waals surface area contributed by atoms with Gasteiger partial charge in [0.25, 0.3) is 0 Å². The van der Waals surface area contributed by atoms with Gasteiger partial charge in [-0.3, -0.25) is 9.69 Å². The molecule has 0 spiro atoms. The first-order valence-corrected chi connectivity index (χ1v) is 10.6. The molecule has 1 fully saturated rings. The standard InChI is InChI=1S/C22H28FN5O3/c1-22(2,3)31-21(30)26-11-12-28-18(14-26)24-25-20(28)17-5-4-10-27(17)19(29)13-15-6-8-16(23)9-7-15/h6-9,17H,4-5,10-14H2,1-3H3/t17-/m0/s1. The van der Waals surface area contributed by atoms with E-state index in [1.807, 2.05) is 30.2 Å². The summed E-state index contributed by atoms with van der Waals surface area (Å²) >= 11 is 0. The van der Waals surface area contributed by atoms with Crippen molar-refractivity contribution in [3.05, 3.63) is 47.3 Å². The van der Waals surface area contributed by atoms with Crippen molar-refractivity contribution in [3.63, 3.8) is 0 Å². The number of benzene rings is 1. The summed E-state index contributed by atoms with van der Waals surface area (Å²) in [5, 5.41) is 8.69. The molecule has 0 bridgehead atoms. The van der Waals surface area contributed by atoms with Gasteiger partial charge in [0.1, 0.15) is 11.4 Å². The van der Waals surface area contributed by atoms with Gasteiger partial charge in [-0.05, 0) is 51.3 Å². The Balaban J connectivity index is 1.46. The first-order chi connectivity index (χ1) is 14.7. The van der Waals surface area contributed by atoms with E-state index in [0.29, 0.717) is 32.0 Å². The third-order valence-electron chi connectivity index (χ3n) is 5.57. The lowest BCUT2D eigenvalue weighted by Gasteiger charge is -2.31. The number of nitrogens with zero attached hydrogens (tertiary/aromatic N) is 5. The predicted molar refractivity (Wildman–Crippen MR) is 110 cm³/mol. The van der Waals surface area contributed by atoms with Crippen molar-refractivity contribution in [2.75, 3.05) is 13.1 Å². The Morgan fingerprint density at radius 2 is 1.87 bits per heavy atom. The maximum absolute atomic E-state index is 13.1. The van der Waals surface area contributed by atoms with Gasteiger partial charge in [0, 0.05) is 19.6 Å². The van der Waals surface area contributed by atoms with Crippen LogP contribution in [-0.4, -0.2) is 55.3 Å². The molecule has 2 amide bonds. The Morgan fingerprint density at radius 1 is 1.13 bits per heavy atom. The van der Waals surface area contributed by atoms with E-state index in [-0.39, 0.29) is 30.3 Å². The van der Waals surface area contributed by atoms with Crippen LogP contribution in [0.15, 0.2) is 24.3 Å². The van der Waals surface area contributed by atoms with E-state index >= 15 is 0 Å². The number of carbonyl (C=O) groups is 2. The molecule has 9 heteroatoms. The van der Waals surface area contributed by atoms with Gasteiger partial charge in [-0.2, -0.15) is 0 Å². The fourth-order valence-electron chi connectivity index (χ4n) is 4.12. The van der Waals surface area contributed by atoms with Crippen LogP contribution >= 0.6 is 0 Å². The van der Waals surface area contributed by atoms with Crippen molar-refractivity contribution < 1.29 is 18.7 Å². The monoisotopic (exact) mass is 429 g/mol. The first kappa shape index (κ1) is 21.3. The third-order valence-corrected chi connectivity index (χ3v) is 5.57. The SMILES string of the molecule is CC(C)(C)OC(=O)N1CCn2c(nnc2[C@@H]2CCCN2C(=O)Cc2ccc(F)cc2)C1. The summed E-state index contributed by atoms with van der Waals surface area (Å²) in [6.45, 7) is 7.58. The number of carbonyl (C=O) groups excluding carboxylic acids is 2. The molecule has 0 radical (unpaired) electrons. The number of rotatable bonds is 3. The topological polar surface area (TPSA) is 80.6 Å². The van der Waals surface area contributed by atoms with Gasteiger partial charge in [-0.1, -0.05) is 12.1 Å². The predicted octanol–water partition coefficient (Wildman–Crippen LogP) is 3.07. The van der Waals surface area contributed by atoms with Crippen LogP contribution in [0.4, 0.5) is 9.18 Å². The molecule has 1 aromatic heterocycles. The van der Waals surface area contributed by atoms with E-state index in [1.165, 1.54) is 12.1 Å². The van der Waals surface area contributed by atoms with Crippen molar-refractivity contribution in [3.8, 4) is 0 Å². The summed E-state index contributed by atoms with van der Waals surface area (Å²) < 4.78 is 20.6. The number of fused-ring (bicyclic) bond motifs is 1. The number of amides is 2. The number of likely N-dealkylation sites (tertiary alicyclic amines) is 1. The quantitative estimate of drug-likeness (QED) is 0.749. The second kappa shape index (κ2) is 8.28. The Morgan fingerprint density at radius 3 is 2.58 bits per heavy atom. The van der Waals surface area contributed by atoms with Crippen LogP contribution in [0.3, 0.4) is 0 Å². The molecule has 0 N–H and O–H groups in total. The average molecular weight is 429 g/mol. The van der Waals surface area contributed by atoms with E-state index in [9.17, 15) is 14.0 Å². The minimum Gasteiger partial charge on any atom is -0.444 e. The van der Waals surface area contributed by atoms with Gasteiger partial charge in [-0.15, -0.1) is 10.2 Å². The normalized spacial score (nSPS) is 18.8. The largest absolute Gasteiger partial charge is 0.444 e. The second-order valence-electron chi connectivity index (χ2n) is 9.08. The minimum absolute atomic E-state index is 0.00218. The lowest BCUT2D eigenvalue weighted by molar-refractivity contribution is -0.131. The third kappa shape index (κ3) is 4.70. The number of halogens is 1. The Hall–Kier alpha value is -2.97. The molecule has 8 nitrogen and oxygen atoms in total. The van der Waals surface area contributed by atoms with Gasteiger partial charge in [0.05, 0.1) is 19.0 Å². The smallest absolute Gasteiger partial charge is 0.410 e. The summed E-state index contributed by atoms with van der Waals surface area (Å²) in [5.74, 6) is 1.15. The first-order valence-electron chi connectivity index (χ1n) is 10.6. The maximum atomic E-state index is 13.1. The van der Waals surface area contributed by atoms with Crippen molar-refractivity contribution >= 4 is 12.0 Å².